The number of hydrogen-bond acceptors (Lipinski definition) is 6. The zero-order valence-corrected chi connectivity index (χ0v) is 15.6. The molecule has 8 heteroatoms. The SMILES string of the molecule is CCOC(C)(C)C(O)c1cnc2c(cnn2-c2cccc(/C(N)=N/N)c2)c1. The Kier molecular flexibility index (Phi) is 5.11. The Balaban J connectivity index is 2.00. The van der Waals surface area contributed by atoms with Crippen molar-refractivity contribution in [3.63, 3.8) is 0 Å². The van der Waals surface area contributed by atoms with Crippen LogP contribution in [0, 0.1) is 0 Å². The summed E-state index contributed by atoms with van der Waals surface area (Å²) in [7, 11) is 0. The summed E-state index contributed by atoms with van der Waals surface area (Å²) in [6.07, 6.45) is 2.55. The number of aliphatic hydroxyl groups excluding tert-OH is 1. The lowest BCUT2D eigenvalue weighted by Crippen LogP contribution is -2.32. The maximum Gasteiger partial charge on any atom is 0.162 e. The molecular weight excluding hydrogens is 344 g/mol. The Morgan fingerprint density at radius 3 is 2.81 bits per heavy atom. The zero-order valence-electron chi connectivity index (χ0n) is 15.6. The summed E-state index contributed by atoms with van der Waals surface area (Å²) in [5, 5.41) is 19.4. The monoisotopic (exact) mass is 368 g/mol. The van der Waals surface area contributed by atoms with Crippen LogP contribution in [0.2, 0.25) is 0 Å². The number of pyridine rings is 1. The molecule has 0 saturated heterocycles. The lowest BCUT2D eigenvalue weighted by molar-refractivity contribution is -0.0984. The summed E-state index contributed by atoms with van der Waals surface area (Å²) in [6, 6.07) is 9.26. The number of nitrogens with two attached hydrogens (primary N) is 2. The van der Waals surface area contributed by atoms with Gasteiger partial charge in [-0.05, 0) is 39.0 Å². The van der Waals surface area contributed by atoms with Gasteiger partial charge in [-0.2, -0.15) is 10.2 Å². The van der Waals surface area contributed by atoms with Crippen LogP contribution in [0.4, 0.5) is 0 Å². The van der Waals surface area contributed by atoms with Crippen molar-refractivity contribution < 1.29 is 9.84 Å². The lowest BCUT2D eigenvalue weighted by Gasteiger charge is -2.30. The molecule has 3 aromatic rings. The fourth-order valence-corrected chi connectivity index (χ4v) is 3.00. The normalized spacial score (nSPS) is 13.9. The first-order chi connectivity index (χ1) is 12.9. The van der Waals surface area contributed by atoms with Crippen molar-refractivity contribution in [3.8, 4) is 5.69 Å². The largest absolute Gasteiger partial charge is 0.385 e. The molecule has 2 aromatic heterocycles. The van der Waals surface area contributed by atoms with E-state index >= 15 is 0 Å². The number of hydrogen-bond donors (Lipinski definition) is 3. The Labute approximate surface area is 157 Å². The first-order valence-electron chi connectivity index (χ1n) is 8.67. The molecule has 2 heterocycles. The highest BCUT2D eigenvalue weighted by atomic mass is 16.5. The lowest BCUT2D eigenvalue weighted by atomic mass is 9.95. The fraction of sp³-hybridized carbons (Fsp3) is 0.316. The van der Waals surface area contributed by atoms with Crippen LogP contribution in [-0.2, 0) is 4.74 Å². The van der Waals surface area contributed by atoms with Crippen LogP contribution in [0.5, 0.6) is 0 Å². The van der Waals surface area contributed by atoms with Crippen LogP contribution < -0.4 is 11.6 Å². The van der Waals surface area contributed by atoms with Crippen LogP contribution >= 0.6 is 0 Å². The van der Waals surface area contributed by atoms with Crippen molar-refractivity contribution in [1.82, 2.24) is 14.8 Å². The number of aliphatic hydroxyl groups is 1. The van der Waals surface area contributed by atoms with Crippen molar-refractivity contribution in [2.75, 3.05) is 6.61 Å². The van der Waals surface area contributed by atoms with E-state index in [0.29, 0.717) is 23.4 Å². The molecule has 3 rings (SSSR count). The standard InChI is InChI=1S/C19H24N6O2/c1-4-27-19(2,3)16(26)13-8-14-11-23-25(18(14)22-10-13)15-7-5-6-12(9-15)17(20)24-21/h5-11,16,26H,4,21H2,1-3H3,(H2,20,24). The molecule has 0 radical (unpaired) electrons. The molecule has 1 aromatic carbocycles. The van der Waals surface area contributed by atoms with E-state index in [0.717, 1.165) is 11.1 Å². The number of hydrazone groups is 1. The Hall–Kier alpha value is -2.97. The van der Waals surface area contributed by atoms with E-state index in [1.807, 2.05) is 51.1 Å². The Morgan fingerprint density at radius 2 is 2.11 bits per heavy atom. The van der Waals surface area contributed by atoms with E-state index < -0.39 is 11.7 Å². The van der Waals surface area contributed by atoms with Gasteiger partial charge in [-0.15, -0.1) is 0 Å². The maximum atomic E-state index is 10.7. The van der Waals surface area contributed by atoms with Gasteiger partial charge in [-0.25, -0.2) is 9.67 Å². The first kappa shape index (κ1) is 18.8. The van der Waals surface area contributed by atoms with E-state index in [2.05, 4.69) is 15.2 Å². The summed E-state index contributed by atoms with van der Waals surface area (Å²) in [4.78, 5) is 4.51. The highest BCUT2D eigenvalue weighted by Gasteiger charge is 2.30. The van der Waals surface area contributed by atoms with Gasteiger partial charge in [0.05, 0.1) is 17.5 Å². The molecule has 0 aliphatic rings. The molecule has 1 unspecified atom stereocenters. The number of nitrogens with zero attached hydrogens (tertiary/aromatic N) is 4. The molecule has 27 heavy (non-hydrogen) atoms. The number of fused-ring (bicyclic) bond motifs is 1. The van der Waals surface area contributed by atoms with Crippen LogP contribution in [0.1, 0.15) is 38.0 Å². The topological polar surface area (TPSA) is 125 Å². The van der Waals surface area contributed by atoms with Gasteiger partial charge in [0.1, 0.15) is 11.9 Å². The van der Waals surface area contributed by atoms with E-state index in [-0.39, 0.29) is 5.84 Å². The minimum Gasteiger partial charge on any atom is -0.385 e. The third kappa shape index (κ3) is 3.62. The van der Waals surface area contributed by atoms with Gasteiger partial charge < -0.3 is 21.4 Å². The molecule has 8 nitrogen and oxygen atoms in total. The first-order valence-corrected chi connectivity index (χ1v) is 8.67. The minimum atomic E-state index is -0.804. The van der Waals surface area contributed by atoms with E-state index in [1.165, 1.54) is 0 Å². The molecule has 0 amide bonds. The number of amidine groups is 1. The molecular formula is C19H24N6O2. The maximum absolute atomic E-state index is 10.7. The average molecular weight is 368 g/mol. The molecule has 142 valence electrons. The molecule has 0 bridgehead atoms. The molecule has 1 atom stereocenters. The predicted octanol–water partition coefficient (Wildman–Crippen LogP) is 1.85. The third-order valence-electron chi connectivity index (χ3n) is 4.45. The van der Waals surface area contributed by atoms with Crippen LogP contribution in [0.25, 0.3) is 16.7 Å². The summed E-state index contributed by atoms with van der Waals surface area (Å²) in [5.41, 5.74) is 7.90. The summed E-state index contributed by atoms with van der Waals surface area (Å²) >= 11 is 0. The van der Waals surface area contributed by atoms with Crippen molar-refractivity contribution in [2.24, 2.45) is 16.7 Å². The van der Waals surface area contributed by atoms with Gasteiger partial charge in [-0.1, -0.05) is 12.1 Å². The summed E-state index contributed by atoms with van der Waals surface area (Å²) < 4.78 is 7.35. The summed E-state index contributed by atoms with van der Waals surface area (Å²) in [5.74, 6) is 5.50. The molecule has 0 fully saturated rings. The third-order valence-corrected chi connectivity index (χ3v) is 4.45. The van der Waals surface area contributed by atoms with Gasteiger partial charge in [0.15, 0.2) is 5.65 Å². The number of benzene rings is 1. The van der Waals surface area contributed by atoms with Crippen LogP contribution in [0.3, 0.4) is 0 Å². The second-order valence-corrected chi connectivity index (χ2v) is 6.74. The van der Waals surface area contributed by atoms with Crippen LogP contribution in [0.15, 0.2) is 47.8 Å². The van der Waals surface area contributed by atoms with Gasteiger partial charge in [0.25, 0.3) is 0 Å². The van der Waals surface area contributed by atoms with Gasteiger partial charge in [0, 0.05) is 29.3 Å². The highest BCUT2D eigenvalue weighted by molar-refractivity contribution is 5.97. The van der Waals surface area contributed by atoms with E-state index in [4.69, 9.17) is 16.3 Å². The smallest absolute Gasteiger partial charge is 0.162 e. The van der Waals surface area contributed by atoms with Crippen molar-refractivity contribution >= 4 is 16.9 Å². The minimum absolute atomic E-state index is 0.241. The second kappa shape index (κ2) is 7.34. The number of ether oxygens (including phenoxy) is 1. The fourth-order valence-electron chi connectivity index (χ4n) is 3.00. The molecule has 0 saturated carbocycles. The van der Waals surface area contributed by atoms with Gasteiger partial charge in [-0.3, -0.25) is 0 Å². The van der Waals surface area contributed by atoms with Gasteiger partial charge in [0.2, 0.25) is 0 Å². The Bertz CT molecular complexity index is 979. The second-order valence-electron chi connectivity index (χ2n) is 6.74. The number of rotatable bonds is 6. The van der Waals surface area contributed by atoms with Crippen molar-refractivity contribution in [1.29, 1.82) is 0 Å². The molecule has 0 aliphatic carbocycles. The van der Waals surface area contributed by atoms with Crippen LogP contribution in [-0.4, -0.2) is 37.9 Å². The molecule has 0 spiro atoms. The average Bonchev–Trinajstić information content (AvgIpc) is 3.10. The van der Waals surface area contributed by atoms with E-state index in [9.17, 15) is 5.11 Å². The highest BCUT2D eigenvalue weighted by Crippen LogP contribution is 2.30. The van der Waals surface area contributed by atoms with Crippen molar-refractivity contribution in [3.05, 3.63) is 53.9 Å². The molecule has 0 aliphatic heterocycles. The molecule has 5 N–H and O–H groups in total. The summed E-state index contributed by atoms with van der Waals surface area (Å²) in [6.45, 7) is 6.12. The van der Waals surface area contributed by atoms with Crippen molar-refractivity contribution in [2.45, 2.75) is 32.5 Å². The quantitative estimate of drug-likeness (QED) is 0.264. The Morgan fingerprint density at radius 1 is 1.33 bits per heavy atom. The number of aromatic nitrogens is 3. The predicted molar refractivity (Wildman–Crippen MR) is 104 cm³/mol. The van der Waals surface area contributed by atoms with Gasteiger partial charge >= 0.3 is 0 Å². The van der Waals surface area contributed by atoms with E-state index in [1.54, 1.807) is 17.1 Å². The zero-order chi connectivity index (χ0) is 19.6.